The summed E-state index contributed by atoms with van der Waals surface area (Å²) >= 11 is 0. The van der Waals surface area contributed by atoms with Crippen molar-refractivity contribution in [2.24, 2.45) is 5.92 Å². The van der Waals surface area contributed by atoms with Gasteiger partial charge in [0.1, 0.15) is 5.82 Å². The number of nitrogens with one attached hydrogen (secondary N) is 2. The Morgan fingerprint density at radius 3 is 2.26 bits per heavy atom. The molecule has 3 aromatic rings. The molecule has 2 N–H and O–H groups in total. The van der Waals surface area contributed by atoms with Crippen LogP contribution in [0.2, 0.25) is 0 Å². The van der Waals surface area contributed by atoms with Crippen LogP contribution in [-0.2, 0) is 16.6 Å². The van der Waals surface area contributed by atoms with Crippen molar-refractivity contribution >= 4 is 27.3 Å². The van der Waals surface area contributed by atoms with E-state index in [2.05, 4.69) is 21.9 Å². The van der Waals surface area contributed by atoms with Gasteiger partial charge in [0.05, 0.1) is 4.90 Å². The maximum absolute atomic E-state index is 13.0. The number of benzene rings is 3. The highest BCUT2D eigenvalue weighted by Gasteiger charge is 2.17. The number of nitrogens with zero attached hydrogens (tertiary/aromatic N) is 1. The summed E-state index contributed by atoms with van der Waals surface area (Å²) in [6.07, 6.45) is 2.51. The SMILES string of the molecule is C[C@@H]1CCCN(Cc2ccc(C(=O)Nc3ccc(S(=O)(=O)Nc4ccc(F)cc4)cc3)cc2)C1. The van der Waals surface area contributed by atoms with Crippen LogP contribution in [0.25, 0.3) is 0 Å². The standard InChI is InChI=1S/C26H28FN3O3S/c1-19-3-2-16-30(17-19)18-20-4-6-21(7-5-20)26(31)28-23-12-14-25(15-13-23)34(32,33)29-24-10-8-22(27)9-11-24/h4-15,19,29H,2-3,16-18H2,1H3,(H,28,31)/t19-/m1/s1. The first-order chi connectivity index (χ1) is 16.3. The summed E-state index contributed by atoms with van der Waals surface area (Å²) in [6, 6.07) is 18.5. The molecule has 4 rings (SSSR count). The Morgan fingerprint density at radius 1 is 0.971 bits per heavy atom. The van der Waals surface area contributed by atoms with Crippen LogP contribution in [0.15, 0.2) is 77.7 Å². The average Bonchev–Trinajstić information content (AvgIpc) is 2.81. The molecular formula is C26H28FN3O3S. The largest absolute Gasteiger partial charge is 0.322 e. The van der Waals surface area contributed by atoms with Gasteiger partial charge in [0.2, 0.25) is 0 Å². The van der Waals surface area contributed by atoms with Gasteiger partial charge >= 0.3 is 0 Å². The van der Waals surface area contributed by atoms with Crippen LogP contribution in [0.1, 0.15) is 35.7 Å². The highest BCUT2D eigenvalue weighted by atomic mass is 32.2. The number of likely N-dealkylation sites (tertiary alicyclic amines) is 1. The molecule has 34 heavy (non-hydrogen) atoms. The molecule has 0 saturated carbocycles. The van der Waals surface area contributed by atoms with E-state index in [0.717, 1.165) is 25.6 Å². The lowest BCUT2D eigenvalue weighted by Crippen LogP contribution is -2.33. The van der Waals surface area contributed by atoms with Gasteiger partial charge in [-0.3, -0.25) is 14.4 Å². The number of piperidine rings is 1. The van der Waals surface area contributed by atoms with Gasteiger partial charge in [-0.15, -0.1) is 0 Å². The van der Waals surface area contributed by atoms with Crippen molar-refractivity contribution in [3.05, 3.63) is 89.7 Å². The molecule has 0 aliphatic carbocycles. The number of hydrogen-bond donors (Lipinski definition) is 2. The summed E-state index contributed by atoms with van der Waals surface area (Å²) in [5.41, 5.74) is 2.45. The average molecular weight is 482 g/mol. The summed E-state index contributed by atoms with van der Waals surface area (Å²) < 4.78 is 40.5. The van der Waals surface area contributed by atoms with Gasteiger partial charge in [0, 0.05) is 30.0 Å². The summed E-state index contributed by atoms with van der Waals surface area (Å²) in [7, 11) is -3.83. The van der Waals surface area contributed by atoms with Crippen molar-refractivity contribution < 1.29 is 17.6 Å². The first-order valence-electron chi connectivity index (χ1n) is 11.3. The van der Waals surface area contributed by atoms with Gasteiger partial charge in [-0.2, -0.15) is 0 Å². The van der Waals surface area contributed by atoms with E-state index in [-0.39, 0.29) is 16.5 Å². The third kappa shape index (κ3) is 6.21. The van der Waals surface area contributed by atoms with Crippen LogP contribution in [0, 0.1) is 11.7 Å². The van der Waals surface area contributed by atoms with Crippen molar-refractivity contribution in [1.82, 2.24) is 4.90 Å². The maximum Gasteiger partial charge on any atom is 0.261 e. The second kappa shape index (κ2) is 10.4. The van der Waals surface area contributed by atoms with Crippen LogP contribution < -0.4 is 10.0 Å². The molecule has 8 heteroatoms. The van der Waals surface area contributed by atoms with E-state index in [4.69, 9.17) is 0 Å². The zero-order valence-electron chi connectivity index (χ0n) is 19.0. The van der Waals surface area contributed by atoms with Gasteiger partial charge < -0.3 is 5.32 Å². The Labute approximate surface area is 199 Å². The second-order valence-corrected chi connectivity index (χ2v) is 10.5. The first-order valence-corrected chi connectivity index (χ1v) is 12.8. The fourth-order valence-corrected chi connectivity index (χ4v) is 5.16. The van der Waals surface area contributed by atoms with Gasteiger partial charge in [-0.25, -0.2) is 12.8 Å². The molecule has 0 unspecified atom stereocenters. The van der Waals surface area contributed by atoms with E-state index < -0.39 is 15.8 Å². The Hall–Kier alpha value is -3.23. The van der Waals surface area contributed by atoms with Crippen LogP contribution in [-0.4, -0.2) is 32.3 Å². The number of anilines is 2. The highest BCUT2D eigenvalue weighted by Crippen LogP contribution is 2.20. The van der Waals surface area contributed by atoms with E-state index in [1.807, 2.05) is 24.3 Å². The quantitative estimate of drug-likeness (QED) is 0.492. The van der Waals surface area contributed by atoms with Crippen LogP contribution in [0.4, 0.5) is 15.8 Å². The Bertz CT molecular complexity index is 1230. The molecule has 3 aromatic carbocycles. The normalized spacial score (nSPS) is 16.7. The Kier molecular flexibility index (Phi) is 7.29. The lowest BCUT2D eigenvalue weighted by Gasteiger charge is -2.30. The second-order valence-electron chi connectivity index (χ2n) is 8.77. The fourth-order valence-electron chi connectivity index (χ4n) is 4.10. The number of amides is 1. The molecule has 1 saturated heterocycles. The summed E-state index contributed by atoms with van der Waals surface area (Å²) in [5, 5.41) is 2.79. The number of carbonyl (C=O) groups excluding carboxylic acids is 1. The van der Waals surface area contributed by atoms with E-state index in [1.54, 1.807) is 0 Å². The minimum atomic E-state index is -3.83. The monoisotopic (exact) mass is 481 g/mol. The molecule has 1 heterocycles. The predicted molar refractivity (Wildman–Crippen MR) is 132 cm³/mol. The molecule has 1 aliphatic rings. The molecule has 1 atom stereocenters. The van der Waals surface area contributed by atoms with Crippen molar-refractivity contribution in [3.63, 3.8) is 0 Å². The molecule has 0 bridgehead atoms. The lowest BCUT2D eigenvalue weighted by molar-refractivity contribution is 0.102. The molecule has 0 aromatic heterocycles. The number of halogens is 1. The van der Waals surface area contributed by atoms with Crippen LogP contribution in [0.5, 0.6) is 0 Å². The molecule has 0 radical (unpaired) electrons. The third-order valence-corrected chi connectivity index (χ3v) is 7.28. The molecule has 6 nitrogen and oxygen atoms in total. The van der Waals surface area contributed by atoms with E-state index in [1.165, 1.54) is 66.9 Å². The van der Waals surface area contributed by atoms with Crippen LogP contribution >= 0.6 is 0 Å². The van der Waals surface area contributed by atoms with Crippen molar-refractivity contribution in [2.45, 2.75) is 31.2 Å². The van der Waals surface area contributed by atoms with Gasteiger partial charge in [-0.1, -0.05) is 19.1 Å². The minimum absolute atomic E-state index is 0.0335. The fraction of sp³-hybridized carbons (Fsp3) is 0.269. The van der Waals surface area contributed by atoms with Gasteiger partial charge in [-0.05, 0) is 91.5 Å². The number of carbonyl (C=O) groups is 1. The molecule has 1 fully saturated rings. The predicted octanol–water partition coefficient (Wildman–Crippen LogP) is 5.11. The van der Waals surface area contributed by atoms with Crippen LogP contribution in [0.3, 0.4) is 0 Å². The molecular weight excluding hydrogens is 453 g/mol. The Morgan fingerprint density at radius 2 is 1.62 bits per heavy atom. The summed E-state index contributed by atoms with van der Waals surface area (Å²) in [5.74, 6) is 0.00590. The van der Waals surface area contributed by atoms with Gasteiger partial charge in [0.15, 0.2) is 0 Å². The summed E-state index contributed by atoms with van der Waals surface area (Å²) in [6.45, 7) is 5.38. The van der Waals surface area contributed by atoms with E-state index >= 15 is 0 Å². The highest BCUT2D eigenvalue weighted by molar-refractivity contribution is 7.92. The first kappa shape index (κ1) is 23.9. The minimum Gasteiger partial charge on any atom is -0.322 e. The zero-order valence-corrected chi connectivity index (χ0v) is 19.8. The van der Waals surface area contributed by atoms with Crippen molar-refractivity contribution in [3.8, 4) is 0 Å². The van der Waals surface area contributed by atoms with E-state index in [0.29, 0.717) is 11.3 Å². The molecule has 1 amide bonds. The smallest absolute Gasteiger partial charge is 0.261 e. The lowest BCUT2D eigenvalue weighted by atomic mass is 9.99. The number of sulfonamides is 1. The number of rotatable bonds is 7. The molecule has 1 aliphatic heterocycles. The topological polar surface area (TPSA) is 78.5 Å². The third-order valence-electron chi connectivity index (χ3n) is 5.88. The Balaban J connectivity index is 1.35. The van der Waals surface area contributed by atoms with Gasteiger partial charge in [0.25, 0.3) is 15.9 Å². The zero-order chi connectivity index (χ0) is 24.1. The maximum atomic E-state index is 13.0. The molecule has 0 spiro atoms. The number of hydrogen-bond acceptors (Lipinski definition) is 4. The van der Waals surface area contributed by atoms with Crippen molar-refractivity contribution in [1.29, 1.82) is 0 Å². The molecule has 178 valence electrons. The van der Waals surface area contributed by atoms with E-state index in [9.17, 15) is 17.6 Å². The summed E-state index contributed by atoms with van der Waals surface area (Å²) in [4.78, 5) is 15.1. The van der Waals surface area contributed by atoms with Crippen molar-refractivity contribution in [2.75, 3.05) is 23.1 Å².